The van der Waals surface area contributed by atoms with Gasteiger partial charge in [-0.1, -0.05) is 37.1 Å². The second-order valence-electron chi connectivity index (χ2n) is 7.81. The number of hydrogen-bond acceptors (Lipinski definition) is 4. The first-order chi connectivity index (χ1) is 15.6. The number of benzene rings is 2. The van der Waals surface area contributed by atoms with Crippen molar-refractivity contribution in [3.05, 3.63) is 59.7 Å². The number of ether oxygens (including phenoxy) is 2. The van der Waals surface area contributed by atoms with Crippen LogP contribution in [0.15, 0.2) is 48.5 Å². The molecule has 0 spiro atoms. The molecule has 0 fully saturated rings. The topological polar surface area (TPSA) is 76.7 Å². The predicted octanol–water partition coefficient (Wildman–Crippen LogP) is 4.06. The first-order valence-corrected chi connectivity index (χ1v) is 11.4. The molecule has 0 aromatic heterocycles. The van der Waals surface area contributed by atoms with Crippen LogP contribution < -0.4 is 20.1 Å². The van der Waals surface area contributed by atoms with Gasteiger partial charge in [-0.2, -0.15) is 0 Å². The van der Waals surface area contributed by atoms with Gasteiger partial charge in [0, 0.05) is 25.9 Å². The molecule has 32 heavy (non-hydrogen) atoms. The molecule has 2 aromatic rings. The van der Waals surface area contributed by atoms with Gasteiger partial charge in [0.1, 0.15) is 11.5 Å². The van der Waals surface area contributed by atoms with Crippen LogP contribution in [0.5, 0.6) is 11.5 Å². The molecule has 174 valence electrons. The minimum atomic E-state index is 0.0879. The molecule has 0 radical (unpaired) electrons. The van der Waals surface area contributed by atoms with E-state index in [9.17, 15) is 9.59 Å². The fourth-order valence-electron chi connectivity index (χ4n) is 3.34. The Morgan fingerprint density at radius 3 is 1.34 bits per heavy atom. The molecule has 0 bridgehead atoms. The van der Waals surface area contributed by atoms with E-state index in [0.717, 1.165) is 61.2 Å². The van der Waals surface area contributed by atoms with Crippen molar-refractivity contribution in [2.24, 2.45) is 0 Å². The van der Waals surface area contributed by atoms with Crippen LogP contribution in [0, 0.1) is 0 Å². The van der Waals surface area contributed by atoms with Crippen LogP contribution in [0.25, 0.3) is 0 Å². The molecule has 2 N–H and O–H groups in total. The summed E-state index contributed by atoms with van der Waals surface area (Å²) in [5.41, 5.74) is 2.26. The Morgan fingerprint density at radius 1 is 0.625 bits per heavy atom. The second-order valence-corrected chi connectivity index (χ2v) is 7.81. The van der Waals surface area contributed by atoms with Crippen LogP contribution in [0.1, 0.15) is 49.7 Å². The SMILES string of the molecule is COc1ccc(CCC(=O)NCCCCCCNC(=O)CCc2ccc(OC)cc2)cc1. The Morgan fingerprint density at radius 2 is 1.00 bits per heavy atom. The van der Waals surface area contributed by atoms with E-state index in [1.807, 2.05) is 48.5 Å². The largest absolute Gasteiger partial charge is 0.497 e. The summed E-state index contributed by atoms with van der Waals surface area (Å²) in [6, 6.07) is 15.6. The predicted molar refractivity (Wildman–Crippen MR) is 127 cm³/mol. The van der Waals surface area contributed by atoms with E-state index in [1.165, 1.54) is 0 Å². The van der Waals surface area contributed by atoms with E-state index in [2.05, 4.69) is 10.6 Å². The number of methoxy groups -OCH3 is 2. The van der Waals surface area contributed by atoms with Gasteiger partial charge in [-0.05, 0) is 61.1 Å². The summed E-state index contributed by atoms with van der Waals surface area (Å²) < 4.78 is 10.3. The van der Waals surface area contributed by atoms with Crippen molar-refractivity contribution in [2.75, 3.05) is 27.3 Å². The molecular weight excluding hydrogens is 404 g/mol. The van der Waals surface area contributed by atoms with Crippen LogP contribution in [-0.4, -0.2) is 39.1 Å². The number of nitrogens with one attached hydrogen (secondary N) is 2. The number of carbonyl (C=O) groups excluding carboxylic acids is 2. The third-order valence-corrected chi connectivity index (χ3v) is 5.35. The van der Waals surface area contributed by atoms with Crippen LogP contribution in [-0.2, 0) is 22.4 Å². The van der Waals surface area contributed by atoms with Gasteiger partial charge in [0.25, 0.3) is 0 Å². The molecule has 0 saturated carbocycles. The van der Waals surface area contributed by atoms with Gasteiger partial charge in [-0.25, -0.2) is 0 Å². The molecule has 0 heterocycles. The third-order valence-electron chi connectivity index (χ3n) is 5.35. The first kappa shape index (κ1) is 25.2. The molecule has 0 aliphatic rings. The van der Waals surface area contributed by atoms with Gasteiger partial charge in [0.15, 0.2) is 0 Å². The Kier molecular flexibility index (Phi) is 11.7. The summed E-state index contributed by atoms with van der Waals surface area (Å²) in [6.07, 6.45) is 6.45. The molecule has 0 aliphatic heterocycles. The van der Waals surface area contributed by atoms with Gasteiger partial charge >= 0.3 is 0 Å². The summed E-state index contributed by atoms with van der Waals surface area (Å²) in [7, 11) is 3.29. The maximum atomic E-state index is 12.0. The maximum absolute atomic E-state index is 12.0. The summed E-state index contributed by atoms with van der Waals surface area (Å²) in [5.74, 6) is 1.83. The minimum Gasteiger partial charge on any atom is -0.497 e. The Bertz CT molecular complexity index is 734. The summed E-state index contributed by atoms with van der Waals surface area (Å²) in [5, 5.41) is 5.97. The highest BCUT2D eigenvalue weighted by Gasteiger charge is 2.04. The minimum absolute atomic E-state index is 0.0879. The van der Waals surface area contributed by atoms with Gasteiger partial charge in [0.05, 0.1) is 14.2 Å². The zero-order chi connectivity index (χ0) is 23.0. The normalized spacial score (nSPS) is 10.4. The lowest BCUT2D eigenvalue weighted by molar-refractivity contribution is -0.121. The molecule has 2 aromatic carbocycles. The maximum Gasteiger partial charge on any atom is 0.220 e. The highest BCUT2D eigenvalue weighted by molar-refractivity contribution is 5.76. The summed E-state index contributed by atoms with van der Waals surface area (Å²) >= 11 is 0. The standard InChI is InChI=1S/C26H36N2O4/c1-31-23-13-7-21(8-14-23)11-17-25(29)27-19-5-3-4-6-20-28-26(30)18-12-22-9-15-24(32-2)16-10-22/h7-10,13-16H,3-6,11-12,17-20H2,1-2H3,(H,27,29)(H,28,30). The summed E-state index contributed by atoms with van der Waals surface area (Å²) in [4.78, 5) is 23.9. The number of hydrogen-bond donors (Lipinski definition) is 2. The van der Waals surface area contributed by atoms with Gasteiger partial charge in [0.2, 0.25) is 11.8 Å². The van der Waals surface area contributed by atoms with E-state index in [-0.39, 0.29) is 11.8 Å². The molecule has 6 heteroatoms. The number of aryl methyl sites for hydroxylation is 2. The van der Waals surface area contributed by atoms with Crippen molar-refractivity contribution < 1.29 is 19.1 Å². The molecule has 0 aliphatic carbocycles. The lowest BCUT2D eigenvalue weighted by Crippen LogP contribution is -2.25. The lowest BCUT2D eigenvalue weighted by atomic mass is 10.1. The highest BCUT2D eigenvalue weighted by Crippen LogP contribution is 2.13. The monoisotopic (exact) mass is 440 g/mol. The van der Waals surface area contributed by atoms with Crippen LogP contribution in [0.4, 0.5) is 0 Å². The molecule has 6 nitrogen and oxygen atoms in total. The van der Waals surface area contributed by atoms with Crippen molar-refractivity contribution in [1.82, 2.24) is 10.6 Å². The molecular formula is C26H36N2O4. The van der Waals surface area contributed by atoms with Crippen LogP contribution >= 0.6 is 0 Å². The van der Waals surface area contributed by atoms with Gasteiger partial charge < -0.3 is 20.1 Å². The van der Waals surface area contributed by atoms with E-state index in [0.29, 0.717) is 25.9 Å². The fraction of sp³-hybridized carbons (Fsp3) is 0.462. The molecule has 2 amide bonds. The van der Waals surface area contributed by atoms with Crippen molar-refractivity contribution in [3.63, 3.8) is 0 Å². The number of carbonyl (C=O) groups is 2. The number of rotatable bonds is 15. The smallest absolute Gasteiger partial charge is 0.220 e. The van der Waals surface area contributed by atoms with Gasteiger partial charge in [-0.15, -0.1) is 0 Å². The Hall–Kier alpha value is -3.02. The Balaban J connectivity index is 1.42. The number of unbranched alkanes of at least 4 members (excludes halogenated alkanes) is 3. The summed E-state index contributed by atoms with van der Waals surface area (Å²) in [6.45, 7) is 1.41. The van der Waals surface area contributed by atoms with Crippen molar-refractivity contribution in [1.29, 1.82) is 0 Å². The van der Waals surface area contributed by atoms with Crippen molar-refractivity contribution in [3.8, 4) is 11.5 Å². The van der Waals surface area contributed by atoms with Crippen molar-refractivity contribution >= 4 is 11.8 Å². The Labute approximate surface area is 191 Å². The van der Waals surface area contributed by atoms with E-state index < -0.39 is 0 Å². The zero-order valence-electron chi connectivity index (χ0n) is 19.3. The van der Waals surface area contributed by atoms with Crippen molar-refractivity contribution in [2.45, 2.75) is 51.4 Å². The molecule has 0 saturated heterocycles. The van der Waals surface area contributed by atoms with Gasteiger partial charge in [-0.3, -0.25) is 9.59 Å². The quantitative estimate of drug-likeness (QED) is 0.410. The zero-order valence-corrected chi connectivity index (χ0v) is 19.3. The molecule has 2 rings (SSSR count). The molecule has 0 unspecified atom stereocenters. The highest BCUT2D eigenvalue weighted by atomic mass is 16.5. The van der Waals surface area contributed by atoms with Crippen LogP contribution in [0.3, 0.4) is 0 Å². The first-order valence-electron chi connectivity index (χ1n) is 11.4. The average Bonchev–Trinajstić information content (AvgIpc) is 2.83. The van der Waals surface area contributed by atoms with E-state index >= 15 is 0 Å². The average molecular weight is 441 g/mol. The van der Waals surface area contributed by atoms with E-state index in [1.54, 1.807) is 14.2 Å². The third kappa shape index (κ3) is 10.3. The second kappa shape index (κ2) is 14.9. The lowest BCUT2D eigenvalue weighted by Gasteiger charge is -2.07. The van der Waals surface area contributed by atoms with E-state index in [4.69, 9.17) is 9.47 Å². The van der Waals surface area contributed by atoms with Crippen LogP contribution in [0.2, 0.25) is 0 Å². The number of amides is 2. The molecule has 0 atom stereocenters. The fourth-order valence-corrected chi connectivity index (χ4v) is 3.34.